The van der Waals surface area contributed by atoms with Crippen LogP contribution >= 0.6 is 0 Å². The quantitative estimate of drug-likeness (QED) is 0.563. The lowest BCUT2D eigenvalue weighted by molar-refractivity contribution is -0.160. The normalized spacial score (nSPS) is 22.9. The third-order valence-corrected chi connectivity index (χ3v) is 2.90. The van der Waals surface area contributed by atoms with Crippen molar-refractivity contribution < 1.29 is 23.9 Å². The van der Waals surface area contributed by atoms with Crippen LogP contribution in [0.25, 0.3) is 0 Å². The summed E-state index contributed by atoms with van der Waals surface area (Å²) in [5, 5.41) is 0. The lowest BCUT2D eigenvalue weighted by Gasteiger charge is -2.39. The topological polar surface area (TPSA) is 72.9 Å². The molecule has 0 radical (unpaired) electrons. The molecule has 6 nitrogen and oxygen atoms in total. The standard InChI is InChI=1S/C14H19NO5/c1-5-12(19-10(3)17)14-13(20-11(4)18)7-6-8-15(14)9(2)16/h5-7,12-14H,1,8H2,2-4H3/t12-,13+,14+/m0/s1. The molecule has 0 aromatic heterocycles. The minimum atomic E-state index is -0.745. The van der Waals surface area contributed by atoms with E-state index in [0.29, 0.717) is 6.54 Å². The van der Waals surface area contributed by atoms with Crippen molar-refractivity contribution in [3.8, 4) is 0 Å². The molecule has 0 aromatic rings. The van der Waals surface area contributed by atoms with Crippen molar-refractivity contribution >= 4 is 17.8 Å². The number of nitrogens with zero attached hydrogens (tertiary/aromatic N) is 1. The first-order chi connectivity index (χ1) is 9.36. The highest BCUT2D eigenvalue weighted by atomic mass is 16.6. The van der Waals surface area contributed by atoms with E-state index in [0.717, 1.165) is 0 Å². The van der Waals surface area contributed by atoms with Crippen LogP contribution in [0.3, 0.4) is 0 Å². The Labute approximate surface area is 118 Å². The van der Waals surface area contributed by atoms with E-state index >= 15 is 0 Å². The molecule has 1 amide bonds. The van der Waals surface area contributed by atoms with Gasteiger partial charge in [0.1, 0.15) is 18.2 Å². The van der Waals surface area contributed by atoms with Crippen LogP contribution in [0.2, 0.25) is 0 Å². The van der Waals surface area contributed by atoms with Gasteiger partial charge in [0.2, 0.25) is 5.91 Å². The molecule has 0 N–H and O–H groups in total. The number of hydrogen-bond donors (Lipinski definition) is 0. The Kier molecular flexibility index (Phi) is 5.49. The zero-order chi connectivity index (χ0) is 15.3. The SMILES string of the molecule is C=C[C@H](OC(C)=O)[C@@H]1[C@H](OC(C)=O)C=CCN1C(C)=O. The first-order valence-corrected chi connectivity index (χ1v) is 6.27. The van der Waals surface area contributed by atoms with E-state index in [1.807, 2.05) is 0 Å². The van der Waals surface area contributed by atoms with Crippen molar-refractivity contribution in [2.45, 2.75) is 39.0 Å². The lowest BCUT2D eigenvalue weighted by atomic mass is 9.98. The van der Waals surface area contributed by atoms with Gasteiger partial charge in [-0.2, -0.15) is 0 Å². The molecule has 20 heavy (non-hydrogen) atoms. The molecule has 1 heterocycles. The van der Waals surface area contributed by atoms with Crippen LogP contribution < -0.4 is 0 Å². The fourth-order valence-electron chi connectivity index (χ4n) is 2.17. The fraction of sp³-hybridized carbons (Fsp3) is 0.500. The number of ether oxygens (including phenoxy) is 2. The number of esters is 2. The van der Waals surface area contributed by atoms with Crippen molar-refractivity contribution in [2.24, 2.45) is 0 Å². The number of rotatable bonds is 4. The van der Waals surface area contributed by atoms with Gasteiger partial charge >= 0.3 is 11.9 Å². The molecular weight excluding hydrogens is 262 g/mol. The van der Waals surface area contributed by atoms with Crippen LogP contribution in [0.4, 0.5) is 0 Å². The van der Waals surface area contributed by atoms with E-state index < -0.39 is 30.2 Å². The van der Waals surface area contributed by atoms with Crippen molar-refractivity contribution in [1.29, 1.82) is 0 Å². The van der Waals surface area contributed by atoms with E-state index in [1.54, 1.807) is 12.2 Å². The summed E-state index contributed by atoms with van der Waals surface area (Å²) in [6.07, 6.45) is 3.43. The fourth-order valence-corrected chi connectivity index (χ4v) is 2.17. The molecule has 0 fully saturated rings. The van der Waals surface area contributed by atoms with Gasteiger partial charge in [-0.15, -0.1) is 0 Å². The van der Waals surface area contributed by atoms with Crippen molar-refractivity contribution in [1.82, 2.24) is 4.90 Å². The Morgan fingerprint density at radius 1 is 1.30 bits per heavy atom. The van der Waals surface area contributed by atoms with Gasteiger partial charge in [-0.25, -0.2) is 0 Å². The van der Waals surface area contributed by atoms with Crippen molar-refractivity contribution in [2.75, 3.05) is 6.54 Å². The molecule has 0 bridgehead atoms. The largest absolute Gasteiger partial charge is 0.456 e. The maximum atomic E-state index is 11.7. The molecule has 1 aliphatic heterocycles. The second-order valence-electron chi connectivity index (χ2n) is 4.47. The lowest BCUT2D eigenvalue weighted by Crippen LogP contribution is -2.55. The van der Waals surface area contributed by atoms with Gasteiger partial charge in [0.15, 0.2) is 0 Å². The summed E-state index contributed by atoms with van der Waals surface area (Å²) >= 11 is 0. The second-order valence-corrected chi connectivity index (χ2v) is 4.47. The number of hydrogen-bond acceptors (Lipinski definition) is 5. The number of carbonyl (C=O) groups is 3. The van der Waals surface area contributed by atoms with Crippen molar-refractivity contribution in [3.05, 3.63) is 24.8 Å². The molecule has 0 spiro atoms. The molecule has 0 aromatic carbocycles. The van der Waals surface area contributed by atoms with Crippen LogP contribution in [-0.4, -0.2) is 47.5 Å². The van der Waals surface area contributed by atoms with Crippen LogP contribution in [-0.2, 0) is 23.9 Å². The minimum absolute atomic E-state index is 0.199. The van der Waals surface area contributed by atoms with Gasteiger partial charge in [0.05, 0.1) is 0 Å². The minimum Gasteiger partial charge on any atom is -0.456 e. The molecule has 3 atom stereocenters. The van der Waals surface area contributed by atoms with Gasteiger partial charge < -0.3 is 14.4 Å². The first-order valence-electron chi connectivity index (χ1n) is 6.27. The average molecular weight is 281 g/mol. The van der Waals surface area contributed by atoms with Gasteiger partial charge in [0.25, 0.3) is 0 Å². The van der Waals surface area contributed by atoms with Crippen molar-refractivity contribution in [3.63, 3.8) is 0 Å². The summed E-state index contributed by atoms with van der Waals surface area (Å²) < 4.78 is 10.3. The maximum Gasteiger partial charge on any atom is 0.303 e. The summed E-state index contributed by atoms with van der Waals surface area (Å²) in [6.45, 7) is 7.94. The van der Waals surface area contributed by atoms with Gasteiger partial charge in [0, 0.05) is 27.3 Å². The summed E-state index contributed by atoms with van der Waals surface area (Å²) in [7, 11) is 0. The van der Waals surface area contributed by atoms with Crippen LogP contribution in [0.15, 0.2) is 24.8 Å². The molecule has 0 saturated carbocycles. The summed E-state index contributed by atoms with van der Waals surface area (Å²) in [5.41, 5.74) is 0. The predicted molar refractivity (Wildman–Crippen MR) is 71.6 cm³/mol. The highest BCUT2D eigenvalue weighted by molar-refractivity contribution is 5.75. The number of amides is 1. The molecular formula is C14H19NO5. The molecule has 0 unspecified atom stereocenters. The molecule has 1 rings (SSSR count). The Hall–Kier alpha value is -2.11. The Balaban J connectivity index is 3.08. The van der Waals surface area contributed by atoms with Gasteiger partial charge in [-0.05, 0) is 12.2 Å². The van der Waals surface area contributed by atoms with Crippen LogP contribution in [0.1, 0.15) is 20.8 Å². The molecule has 0 aliphatic carbocycles. The van der Waals surface area contributed by atoms with E-state index in [4.69, 9.17) is 9.47 Å². The highest BCUT2D eigenvalue weighted by Crippen LogP contribution is 2.22. The molecule has 0 saturated heterocycles. The summed E-state index contributed by atoms with van der Waals surface area (Å²) in [6, 6.07) is -0.609. The zero-order valence-electron chi connectivity index (χ0n) is 11.9. The highest BCUT2D eigenvalue weighted by Gasteiger charge is 2.38. The van der Waals surface area contributed by atoms with Gasteiger partial charge in [-0.1, -0.05) is 12.7 Å². The van der Waals surface area contributed by atoms with E-state index in [9.17, 15) is 14.4 Å². The first kappa shape index (κ1) is 15.9. The zero-order valence-corrected chi connectivity index (χ0v) is 11.9. The van der Waals surface area contributed by atoms with E-state index in [-0.39, 0.29) is 5.91 Å². The summed E-state index contributed by atoms with van der Waals surface area (Å²) in [5.74, 6) is -1.16. The Bertz CT molecular complexity index is 443. The Morgan fingerprint density at radius 2 is 1.95 bits per heavy atom. The van der Waals surface area contributed by atoms with E-state index in [1.165, 1.54) is 31.7 Å². The molecule has 1 aliphatic rings. The Morgan fingerprint density at radius 3 is 2.40 bits per heavy atom. The van der Waals surface area contributed by atoms with E-state index in [2.05, 4.69) is 6.58 Å². The third-order valence-electron chi connectivity index (χ3n) is 2.90. The smallest absolute Gasteiger partial charge is 0.303 e. The maximum absolute atomic E-state index is 11.7. The second kappa shape index (κ2) is 6.88. The monoisotopic (exact) mass is 281 g/mol. The molecule has 6 heteroatoms. The average Bonchev–Trinajstić information content (AvgIpc) is 2.34. The van der Waals surface area contributed by atoms with Crippen LogP contribution in [0.5, 0.6) is 0 Å². The van der Waals surface area contributed by atoms with Gasteiger partial charge in [-0.3, -0.25) is 14.4 Å². The van der Waals surface area contributed by atoms with Crippen LogP contribution in [0, 0.1) is 0 Å². The molecule has 110 valence electrons. The third kappa shape index (κ3) is 3.94. The predicted octanol–water partition coefficient (Wildman–Crippen LogP) is 0.823. The number of carbonyl (C=O) groups excluding carboxylic acids is 3. The summed E-state index contributed by atoms with van der Waals surface area (Å²) in [4.78, 5) is 35.5.